The summed E-state index contributed by atoms with van der Waals surface area (Å²) < 4.78 is 15.0. The molecule has 0 fully saturated rings. The van der Waals surface area contributed by atoms with E-state index in [1.165, 1.54) is 23.5 Å². The largest absolute Gasteiger partial charge is 0.325 e. The quantitative estimate of drug-likeness (QED) is 0.793. The van der Waals surface area contributed by atoms with Gasteiger partial charge in [-0.2, -0.15) is 4.68 Å². The van der Waals surface area contributed by atoms with Gasteiger partial charge in [-0.05, 0) is 12.1 Å². The summed E-state index contributed by atoms with van der Waals surface area (Å²) in [5.41, 5.74) is 7.64. The van der Waals surface area contributed by atoms with E-state index in [0.29, 0.717) is 22.1 Å². The highest BCUT2D eigenvalue weighted by Gasteiger charge is 2.16. The van der Waals surface area contributed by atoms with Gasteiger partial charge < -0.3 is 5.73 Å². The molecular weight excluding hydrogens is 265 g/mol. The molecule has 2 aromatic heterocycles. The van der Waals surface area contributed by atoms with Crippen LogP contribution in [0, 0.1) is 5.82 Å². The van der Waals surface area contributed by atoms with Crippen LogP contribution in [-0.4, -0.2) is 20.0 Å². The van der Waals surface area contributed by atoms with E-state index in [1.54, 1.807) is 23.0 Å². The zero-order valence-corrected chi connectivity index (χ0v) is 10.6. The highest BCUT2D eigenvalue weighted by Crippen LogP contribution is 2.26. The number of rotatable bonds is 3. The molecule has 0 aliphatic rings. The lowest BCUT2D eigenvalue weighted by Gasteiger charge is -2.05. The zero-order chi connectivity index (χ0) is 13.2. The lowest BCUT2D eigenvalue weighted by molar-refractivity contribution is 0.628. The fourth-order valence-electron chi connectivity index (χ4n) is 1.83. The third-order valence-corrected chi connectivity index (χ3v) is 3.38. The Bertz CT molecular complexity index is 692. The van der Waals surface area contributed by atoms with E-state index in [-0.39, 0.29) is 12.4 Å². The second-order valence-corrected chi connectivity index (χ2v) is 4.70. The molecule has 96 valence electrons. The third-order valence-electron chi connectivity index (χ3n) is 2.63. The Morgan fingerprint density at radius 2 is 2.26 bits per heavy atom. The summed E-state index contributed by atoms with van der Waals surface area (Å²) in [7, 11) is 0. The fourth-order valence-corrected chi connectivity index (χ4v) is 2.42. The van der Waals surface area contributed by atoms with Crippen molar-refractivity contribution in [2.24, 2.45) is 5.73 Å². The minimum absolute atomic E-state index is 0.233. The van der Waals surface area contributed by atoms with Gasteiger partial charge in [-0.25, -0.2) is 9.37 Å². The molecule has 0 saturated carbocycles. The van der Waals surface area contributed by atoms with E-state index < -0.39 is 0 Å². The molecule has 1 aromatic carbocycles. The Balaban J connectivity index is 2.21. The topological polar surface area (TPSA) is 69.6 Å². The summed E-state index contributed by atoms with van der Waals surface area (Å²) in [6.07, 6.45) is 1.68. The number of aromatic nitrogens is 4. The number of nitrogens with zero attached hydrogens (tertiary/aromatic N) is 4. The first-order valence-corrected chi connectivity index (χ1v) is 6.48. The number of nitrogens with two attached hydrogens (primary N) is 1. The summed E-state index contributed by atoms with van der Waals surface area (Å²) in [4.78, 5) is 4.19. The van der Waals surface area contributed by atoms with E-state index in [2.05, 4.69) is 15.3 Å². The van der Waals surface area contributed by atoms with Crippen molar-refractivity contribution in [3.63, 3.8) is 0 Å². The minimum Gasteiger partial charge on any atom is -0.325 e. The van der Waals surface area contributed by atoms with E-state index in [9.17, 15) is 4.39 Å². The normalized spacial score (nSPS) is 10.8. The van der Waals surface area contributed by atoms with Crippen LogP contribution in [0.2, 0.25) is 0 Å². The monoisotopic (exact) mass is 275 g/mol. The second kappa shape index (κ2) is 4.87. The molecule has 0 spiro atoms. The molecule has 0 amide bonds. The van der Waals surface area contributed by atoms with Crippen molar-refractivity contribution in [1.82, 2.24) is 20.0 Å². The smallest absolute Gasteiger partial charge is 0.212 e. The standard InChI is InChI=1S/C12H10FN5S/c13-9-3-1-2-8(6-9)11-10(7-14)16-17-18(11)12-15-4-5-19-12/h1-6H,7,14H2. The van der Waals surface area contributed by atoms with Crippen LogP contribution in [0.4, 0.5) is 4.39 Å². The SMILES string of the molecule is NCc1nnn(-c2nccs2)c1-c1cccc(F)c1. The van der Waals surface area contributed by atoms with Gasteiger partial charge in [0.2, 0.25) is 5.13 Å². The first kappa shape index (κ1) is 11.9. The summed E-state index contributed by atoms with van der Waals surface area (Å²) in [5, 5.41) is 10.6. The van der Waals surface area contributed by atoms with E-state index in [1.807, 2.05) is 5.38 Å². The van der Waals surface area contributed by atoms with Crippen molar-refractivity contribution in [3.8, 4) is 16.4 Å². The van der Waals surface area contributed by atoms with Crippen molar-refractivity contribution < 1.29 is 4.39 Å². The van der Waals surface area contributed by atoms with E-state index >= 15 is 0 Å². The van der Waals surface area contributed by atoms with Gasteiger partial charge in [-0.3, -0.25) is 0 Å². The lowest BCUT2D eigenvalue weighted by Crippen LogP contribution is -2.02. The van der Waals surface area contributed by atoms with Gasteiger partial charge in [0.1, 0.15) is 17.2 Å². The van der Waals surface area contributed by atoms with Crippen molar-refractivity contribution >= 4 is 11.3 Å². The molecule has 3 rings (SSSR count). The van der Waals surface area contributed by atoms with Crippen LogP contribution < -0.4 is 5.73 Å². The van der Waals surface area contributed by atoms with Crippen molar-refractivity contribution in [2.75, 3.05) is 0 Å². The molecule has 0 aliphatic carbocycles. The highest BCUT2D eigenvalue weighted by atomic mass is 32.1. The average Bonchev–Trinajstić information content (AvgIpc) is 3.07. The molecule has 0 bridgehead atoms. The third kappa shape index (κ3) is 2.13. The van der Waals surface area contributed by atoms with Gasteiger partial charge in [0.15, 0.2) is 0 Å². The lowest BCUT2D eigenvalue weighted by atomic mass is 10.1. The predicted molar refractivity (Wildman–Crippen MR) is 70.3 cm³/mol. The van der Waals surface area contributed by atoms with Gasteiger partial charge in [0.05, 0.1) is 0 Å². The highest BCUT2D eigenvalue weighted by molar-refractivity contribution is 7.12. The number of hydrogen-bond donors (Lipinski definition) is 1. The molecule has 0 saturated heterocycles. The van der Waals surface area contributed by atoms with Gasteiger partial charge >= 0.3 is 0 Å². The van der Waals surface area contributed by atoms with Crippen LogP contribution in [0.3, 0.4) is 0 Å². The Labute approximate surface area is 112 Å². The van der Waals surface area contributed by atoms with Crippen molar-refractivity contribution in [1.29, 1.82) is 0 Å². The molecule has 2 heterocycles. The Hall–Kier alpha value is -2.12. The van der Waals surface area contributed by atoms with Crippen molar-refractivity contribution in [3.05, 3.63) is 47.4 Å². The Kier molecular flexibility index (Phi) is 3.06. The molecule has 5 nitrogen and oxygen atoms in total. The van der Waals surface area contributed by atoms with Crippen LogP contribution >= 0.6 is 11.3 Å². The number of halogens is 1. The van der Waals surface area contributed by atoms with Crippen LogP contribution in [0.15, 0.2) is 35.8 Å². The number of thiazole rings is 1. The molecule has 0 unspecified atom stereocenters. The van der Waals surface area contributed by atoms with Crippen LogP contribution in [0.25, 0.3) is 16.4 Å². The molecular formula is C12H10FN5S. The van der Waals surface area contributed by atoms with E-state index in [4.69, 9.17) is 5.73 Å². The second-order valence-electron chi connectivity index (χ2n) is 3.83. The first-order chi connectivity index (χ1) is 9.29. The molecule has 3 aromatic rings. The Morgan fingerprint density at radius 3 is 2.95 bits per heavy atom. The molecule has 2 N–H and O–H groups in total. The fraction of sp³-hybridized carbons (Fsp3) is 0.0833. The molecule has 0 radical (unpaired) electrons. The maximum atomic E-state index is 13.4. The summed E-state index contributed by atoms with van der Waals surface area (Å²) in [6.45, 7) is 0.233. The Morgan fingerprint density at radius 1 is 1.37 bits per heavy atom. The van der Waals surface area contributed by atoms with Gasteiger partial charge in [-0.1, -0.05) is 17.3 Å². The summed E-state index contributed by atoms with van der Waals surface area (Å²) in [5.74, 6) is -0.313. The van der Waals surface area contributed by atoms with Gasteiger partial charge in [0.25, 0.3) is 0 Å². The predicted octanol–water partition coefficient (Wildman–Crippen LogP) is 1.99. The average molecular weight is 275 g/mol. The van der Waals surface area contributed by atoms with Crippen LogP contribution in [-0.2, 0) is 6.54 Å². The first-order valence-electron chi connectivity index (χ1n) is 5.60. The van der Waals surface area contributed by atoms with Crippen LogP contribution in [0.5, 0.6) is 0 Å². The van der Waals surface area contributed by atoms with Crippen LogP contribution in [0.1, 0.15) is 5.69 Å². The molecule has 0 aliphatic heterocycles. The summed E-state index contributed by atoms with van der Waals surface area (Å²) in [6, 6.07) is 6.26. The van der Waals surface area contributed by atoms with Gasteiger partial charge in [0, 0.05) is 23.7 Å². The maximum absolute atomic E-state index is 13.4. The molecule has 7 heteroatoms. The van der Waals surface area contributed by atoms with Gasteiger partial charge in [-0.15, -0.1) is 16.4 Å². The van der Waals surface area contributed by atoms with Crippen molar-refractivity contribution in [2.45, 2.75) is 6.54 Å². The number of hydrogen-bond acceptors (Lipinski definition) is 5. The number of benzene rings is 1. The minimum atomic E-state index is -0.313. The molecule has 19 heavy (non-hydrogen) atoms. The summed E-state index contributed by atoms with van der Waals surface area (Å²) >= 11 is 1.43. The maximum Gasteiger partial charge on any atom is 0.212 e. The van der Waals surface area contributed by atoms with E-state index in [0.717, 1.165) is 0 Å². The molecule has 0 atom stereocenters. The zero-order valence-electron chi connectivity index (χ0n) is 9.82.